The van der Waals surface area contributed by atoms with E-state index in [1.807, 2.05) is 24.3 Å². The predicted molar refractivity (Wildman–Crippen MR) is 75.3 cm³/mol. The van der Waals surface area contributed by atoms with Gasteiger partial charge in [0.05, 0.1) is 6.21 Å². The fraction of sp³-hybridized carbons (Fsp3) is 0.100. The number of nitrogens with zero attached hydrogens (tertiary/aromatic N) is 4. The molecule has 2 aromatic rings. The lowest BCUT2D eigenvalue weighted by molar-refractivity contribution is 0.926. The number of rotatable bonds is 3. The molecular weight excluding hydrogens is 331 g/mol. The van der Waals surface area contributed by atoms with Gasteiger partial charge in [-0.15, -0.1) is 10.2 Å². The average molecular weight is 342 g/mol. The Morgan fingerprint density at radius 2 is 2.18 bits per heavy atom. The van der Waals surface area contributed by atoms with Crippen LogP contribution >= 0.6 is 22.6 Å². The van der Waals surface area contributed by atoms with Gasteiger partial charge in [-0.3, -0.25) is 0 Å². The molecule has 0 saturated carbocycles. The van der Waals surface area contributed by atoms with Crippen LogP contribution in [0.25, 0.3) is 0 Å². The lowest BCUT2D eigenvalue weighted by Gasteiger charge is -2.00. The summed E-state index contributed by atoms with van der Waals surface area (Å²) in [6.45, 7) is 1.77. The molecule has 2 rings (SSSR count). The first-order valence-corrected chi connectivity index (χ1v) is 5.97. The third-order valence-electron chi connectivity index (χ3n) is 2.14. The van der Waals surface area contributed by atoms with E-state index < -0.39 is 0 Å². The smallest absolute Gasteiger partial charge is 0.263 e. The normalized spacial score (nSPS) is 10.9. The topological polar surface area (TPSA) is 81.1 Å². The van der Waals surface area contributed by atoms with Crippen LogP contribution in [0.2, 0.25) is 0 Å². The summed E-state index contributed by atoms with van der Waals surface area (Å²) in [7, 11) is 0. The van der Waals surface area contributed by atoms with Crippen molar-refractivity contribution in [3.8, 4) is 0 Å². The molecule has 0 spiro atoms. The molecule has 0 bridgehead atoms. The maximum atomic E-state index is 5.67. The van der Waals surface area contributed by atoms with Crippen molar-refractivity contribution < 1.29 is 0 Å². The van der Waals surface area contributed by atoms with Crippen molar-refractivity contribution in [2.75, 3.05) is 11.3 Å². The number of aryl methyl sites for hydroxylation is 1. The van der Waals surface area contributed by atoms with Gasteiger partial charge in [-0.05, 0) is 35.6 Å². The molecule has 1 aromatic heterocycles. The second-order valence-corrected chi connectivity index (χ2v) is 4.49. The Balaban J connectivity index is 2.08. The molecule has 1 heterocycles. The Morgan fingerprint density at radius 1 is 1.41 bits per heavy atom. The van der Waals surface area contributed by atoms with E-state index in [4.69, 9.17) is 5.84 Å². The van der Waals surface area contributed by atoms with E-state index in [0.29, 0.717) is 11.8 Å². The van der Waals surface area contributed by atoms with Crippen LogP contribution in [-0.2, 0) is 0 Å². The summed E-state index contributed by atoms with van der Waals surface area (Å²) >= 11 is 2.25. The van der Waals surface area contributed by atoms with Crippen LogP contribution in [0.1, 0.15) is 11.4 Å². The third-order valence-corrected chi connectivity index (χ3v) is 3.12. The molecule has 0 saturated heterocycles. The van der Waals surface area contributed by atoms with Crippen molar-refractivity contribution >= 4 is 34.8 Å². The van der Waals surface area contributed by atoms with Crippen LogP contribution in [0.5, 0.6) is 0 Å². The molecule has 3 N–H and O–H groups in total. The van der Waals surface area contributed by atoms with E-state index in [1.54, 1.807) is 13.1 Å². The minimum atomic E-state index is 0.407. The first-order valence-electron chi connectivity index (χ1n) is 4.89. The molecule has 6 nitrogen and oxygen atoms in total. The average Bonchev–Trinajstić information content (AvgIpc) is 2.63. The summed E-state index contributed by atoms with van der Waals surface area (Å²) in [4.78, 5) is 0. The molecule has 0 aliphatic heterocycles. The number of hydrazone groups is 1. The molecule has 0 radical (unpaired) electrons. The summed E-state index contributed by atoms with van der Waals surface area (Å²) in [5.41, 5.74) is 3.77. The van der Waals surface area contributed by atoms with Crippen molar-refractivity contribution in [1.82, 2.24) is 14.9 Å². The number of aromatic nitrogens is 3. The van der Waals surface area contributed by atoms with Gasteiger partial charge in [0.2, 0.25) is 0 Å². The van der Waals surface area contributed by atoms with Crippen molar-refractivity contribution in [3.63, 3.8) is 0 Å². The number of nitrogens with two attached hydrogens (primary N) is 1. The zero-order valence-electron chi connectivity index (χ0n) is 9.13. The van der Waals surface area contributed by atoms with E-state index in [0.717, 1.165) is 9.13 Å². The molecule has 0 amide bonds. The van der Waals surface area contributed by atoms with E-state index in [-0.39, 0.29) is 0 Å². The summed E-state index contributed by atoms with van der Waals surface area (Å²) in [6, 6.07) is 7.92. The summed E-state index contributed by atoms with van der Waals surface area (Å²) in [5, 5.41) is 11.7. The number of nitrogens with one attached hydrogen (secondary N) is 1. The molecule has 1 aromatic carbocycles. The lowest BCUT2D eigenvalue weighted by Crippen LogP contribution is -2.13. The SMILES string of the molecule is Cc1nnc(NN=Cc2ccccc2I)n1N. The van der Waals surface area contributed by atoms with Crippen LogP contribution in [0.3, 0.4) is 0 Å². The van der Waals surface area contributed by atoms with Crippen LogP contribution < -0.4 is 11.3 Å². The molecule has 0 fully saturated rings. The van der Waals surface area contributed by atoms with Gasteiger partial charge in [-0.25, -0.2) is 10.1 Å². The standard InChI is InChI=1S/C10H11IN6/c1-7-14-16-10(17(7)12)15-13-6-8-4-2-3-5-9(8)11/h2-6H,12H2,1H3,(H,15,16). The molecule has 0 atom stereocenters. The fourth-order valence-corrected chi connectivity index (χ4v) is 1.71. The number of benzene rings is 1. The Labute approximate surface area is 112 Å². The van der Waals surface area contributed by atoms with E-state index in [1.165, 1.54) is 4.68 Å². The minimum absolute atomic E-state index is 0.407. The second kappa shape index (κ2) is 5.13. The lowest BCUT2D eigenvalue weighted by atomic mass is 10.2. The highest BCUT2D eigenvalue weighted by Gasteiger charge is 2.02. The van der Waals surface area contributed by atoms with Crippen molar-refractivity contribution in [3.05, 3.63) is 39.2 Å². The first-order chi connectivity index (χ1) is 8.18. The summed E-state index contributed by atoms with van der Waals surface area (Å²) < 4.78 is 2.47. The highest BCUT2D eigenvalue weighted by Crippen LogP contribution is 2.09. The van der Waals surface area contributed by atoms with Gasteiger partial charge in [0.25, 0.3) is 5.95 Å². The van der Waals surface area contributed by atoms with Gasteiger partial charge in [0.1, 0.15) is 0 Å². The molecule has 0 aliphatic carbocycles. The van der Waals surface area contributed by atoms with E-state index >= 15 is 0 Å². The van der Waals surface area contributed by atoms with E-state index in [2.05, 4.69) is 43.3 Å². The molecule has 17 heavy (non-hydrogen) atoms. The molecule has 88 valence electrons. The van der Waals surface area contributed by atoms with Crippen LogP contribution in [-0.4, -0.2) is 21.1 Å². The zero-order valence-corrected chi connectivity index (χ0v) is 11.3. The third kappa shape index (κ3) is 2.73. The molecular formula is C10H11IN6. The van der Waals surface area contributed by atoms with Gasteiger partial charge < -0.3 is 5.84 Å². The highest BCUT2D eigenvalue weighted by molar-refractivity contribution is 14.1. The molecule has 7 heteroatoms. The molecule has 0 unspecified atom stereocenters. The van der Waals surface area contributed by atoms with E-state index in [9.17, 15) is 0 Å². The number of halogens is 1. The van der Waals surface area contributed by atoms with Gasteiger partial charge in [0.15, 0.2) is 5.82 Å². The largest absolute Gasteiger partial charge is 0.335 e. The van der Waals surface area contributed by atoms with Crippen molar-refractivity contribution in [2.24, 2.45) is 5.10 Å². The highest BCUT2D eigenvalue weighted by atomic mass is 127. The van der Waals surface area contributed by atoms with Gasteiger partial charge in [0, 0.05) is 9.13 Å². The fourth-order valence-electron chi connectivity index (χ4n) is 1.18. The minimum Gasteiger partial charge on any atom is -0.335 e. The predicted octanol–water partition coefficient (Wildman–Crippen LogP) is 1.35. The van der Waals surface area contributed by atoms with Gasteiger partial charge in [-0.1, -0.05) is 18.2 Å². The number of nitrogen functional groups attached to an aromatic ring is 1. The van der Waals surface area contributed by atoms with Crippen LogP contribution in [0, 0.1) is 10.5 Å². The number of hydrogen-bond donors (Lipinski definition) is 2. The quantitative estimate of drug-likeness (QED) is 0.382. The zero-order chi connectivity index (χ0) is 12.3. The maximum absolute atomic E-state index is 5.67. The number of anilines is 1. The Morgan fingerprint density at radius 3 is 2.82 bits per heavy atom. The second-order valence-electron chi connectivity index (χ2n) is 3.33. The maximum Gasteiger partial charge on any atom is 0.263 e. The van der Waals surface area contributed by atoms with Crippen molar-refractivity contribution in [1.29, 1.82) is 0 Å². The Bertz CT molecular complexity index is 547. The first kappa shape index (κ1) is 11.8. The molecule has 0 aliphatic rings. The summed E-state index contributed by atoms with van der Waals surface area (Å²) in [6.07, 6.45) is 1.71. The van der Waals surface area contributed by atoms with Crippen LogP contribution in [0.4, 0.5) is 5.95 Å². The Hall–Kier alpha value is -1.64. The van der Waals surface area contributed by atoms with Gasteiger partial charge in [-0.2, -0.15) is 5.10 Å². The monoisotopic (exact) mass is 342 g/mol. The van der Waals surface area contributed by atoms with Crippen molar-refractivity contribution in [2.45, 2.75) is 6.92 Å². The van der Waals surface area contributed by atoms with Crippen LogP contribution in [0.15, 0.2) is 29.4 Å². The summed E-state index contributed by atoms with van der Waals surface area (Å²) in [5.74, 6) is 6.70. The number of hydrogen-bond acceptors (Lipinski definition) is 5. The Kier molecular flexibility index (Phi) is 3.57. The van der Waals surface area contributed by atoms with Gasteiger partial charge >= 0.3 is 0 Å².